The Morgan fingerprint density at radius 3 is 2.00 bits per heavy atom. The van der Waals surface area contributed by atoms with Crippen LogP contribution in [0.3, 0.4) is 0 Å². The van der Waals surface area contributed by atoms with E-state index < -0.39 is 20.2 Å². The second-order valence-corrected chi connectivity index (χ2v) is 12.7. The van der Waals surface area contributed by atoms with Crippen molar-refractivity contribution >= 4 is 34.5 Å². The number of aryl methyl sites for hydroxylation is 1. The third-order valence-electron chi connectivity index (χ3n) is 3.58. The van der Waals surface area contributed by atoms with Gasteiger partial charge in [0.15, 0.2) is 0 Å². The first-order chi connectivity index (χ1) is 8.32. The molecule has 0 atom stereocenters. The molecule has 0 unspecified atom stereocenters. The van der Waals surface area contributed by atoms with Crippen molar-refractivity contribution in [3.05, 3.63) is 41.5 Å². The molecule has 96 valence electrons. The molecule has 0 aromatic heterocycles. The van der Waals surface area contributed by atoms with Gasteiger partial charge < -0.3 is 0 Å². The van der Waals surface area contributed by atoms with Crippen LogP contribution in [0.5, 0.6) is 0 Å². The van der Waals surface area contributed by atoms with Gasteiger partial charge in [-0.15, -0.1) is 0 Å². The summed E-state index contributed by atoms with van der Waals surface area (Å²) in [6, 6.07) is 11.4. The van der Waals surface area contributed by atoms with Crippen LogP contribution in [0.25, 0.3) is 10.8 Å². The van der Waals surface area contributed by atoms with E-state index in [1.54, 1.807) is 3.51 Å². The summed E-state index contributed by atoms with van der Waals surface area (Å²) in [5, 5.41) is 2.95. The Morgan fingerprint density at radius 2 is 1.50 bits per heavy atom. The minimum atomic E-state index is -1.24. The van der Waals surface area contributed by atoms with E-state index in [1.165, 1.54) is 21.9 Å². The Kier molecular flexibility index (Phi) is 3.79. The number of hydrogen-bond acceptors (Lipinski definition) is 0. The number of fused-ring (bicyclic) bond motifs is 1. The molecule has 0 saturated heterocycles. The molecule has 0 aliphatic rings. The van der Waals surface area contributed by atoms with E-state index in [-0.39, 0.29) is 5.41 Å². The van der Waals surface area contributed by atoms with E-state index in [1.807, 2.05) is 0 Å². The van der Waals surface area contributed by atoms with Gasteiger partial charge in [-0.2, -0.15) is 0 Å². The SMILES string of the molecule is Cc1c(C(C)(C)C)c[c]([Sb]([CH3])[CH3])c2ccccc12. The third-order valence-corrected chi connectivity index (χ3v) is 7.39. The molecule has 0 spiro atoms. The standard InChI is InChI=1S/C15H17.2CH3.Sb/c1-11-13-8-6-5-7-12(13)9-10-14(11)15(2,3)4;;;/h5-8,10H,1-4H3;2*1H3;. The number of benzene rings is 2. The summed E-state index contributed by atoms with van der Waals surface area (Å²) in [6.07, 6.45) is 0. The summed E-state index contributed by atoms with van der Waals surface area (Å²) in [5.74, 6) is 0. The minimum absolute atomic E-state index is 0.235. The van der Waals surface area contributed by atoms with Crippen molar-refractivity contribution in [3.63, 3.8) is 0 Å². The first-order valence-electron chi connectivity index (χ1n) is 6.52. The van der Waals surface area contributed by atoms with Gasteiger partial charge in [-0.25, -0.2) is 0 Å². The number of rotatable bonds is 1. The second-order valence-electron chi connectivity index (χ2n) is 6.26. The van der Waals surface area contributed by atoms with Crippen LogP contribution in [0, 0.1) is 6.92 Å². The zero-order valence-corrected chi connectivity index (χ0v) is 14.9. The molecule has 0 amide bonds. The maximum absolute atomic E-state index is 2.50. The molecule has 0 fully saturated rings. The first kappa shape index (κ1) is 13.9. The first-order valence-corrected chi connectivity index (χ1v) is 12.9. The Balaban J connectivity index is 2.88. The quantitative estimate of drug-likeness (QED) is 0.670. The van der Waals surface area contributed by atoms with E-state index in [0.29, 0.717) is 0 Å². The average molecular weight is 349 g/mol. The van der Waals surface area contributed by atoms with Gasteiger partial charge in [-0.05, 0) is 0 Å². The summed E-state index contributed by atoms with van der Waals surface area (Å²) in [7, 11) is 0. The van der Waals surface area contributed by atoms with Crippen LogP contribution in [0.1, 0.15) is 31.9 Å². The van der Waals surface area contributed by atoms with Crippen molar-refractivity contribution < 1.29 is 0 Å². The zero-order chi connectivity index (χ0) is 13.5. The van der Waals surface area contributed by atoms with E-state index in [2.05, 4.69) is 67.8 Å². The monoisotopic (exact) mass is 348 g/mol. The van der Waals surface area contributed by atoms with E-state index >= 15 is 0 Å². The van der Waals surface area contributed by atoms with E-state index in [9.17, 15) is 0 Å². The molecule has 0 aliphatic heterocycles. The van der Waals surface area contributed by atoms with Gasteiger partial charge in [-0.1, -0.05) is 0 Å². The Morgan fingerprint density at radius 1 is 0.944 bits per heavy atom. The fourth-order valence-corrected chi connectivity index (χ4v) is 5.69. The summed E-state index contributed by atoms with van der Waals surface area (Å²) in [6.45, 7) is 9.24. The normalized spacial score (nSPS) is 12.4. The summed E-state index contributed by atoms with van der Waals surface area (Å²) < 4.78 is 1.66. The topological polar surface area (TPSA) is 0 Å². The molecule has 0 radical (unpaired) electrons. The van der Waals surface area contributed by atoms with Crippen molar-refractivity contribution in [1.82, 2.24) is 0 Å². The van der Waals surface area contributed by atoms with Gasteiger partial charge in [-0.3, -0.25) is 0 Å². The summed E-state index contributed by atoms with van der Waals surface area (Å²) in [5.41, 5.74) is 3.22. The molecule has 18 heavy (non-hydrogen) atoms. The van der Waals surface area contributed by atoms with Crippen molar-refractivity contribution in [3.8, 4) is 0 Å². The van der Waals surface area contributed by atoms with Gasteiger partial charge in [0.25, 0.3) is 0 Å². The molecule has 1 heteroatoms. The summed E-state index contributed by atoms with van der Waals surface area (Å²) in [4.78, 5) is 4.93. The van der Waals surface area contributed by atoms with Crippen molar-refractivity contribution in [2.75, 3.05) is 0 Å². The van der Waals surface area contributed by atoms with Crippen molar-refractivity contribution in [2.24, 2.45) is 0 Å². The molecule has 2 rings (SSSR count). The van der Waals surface area contributed by atoms with Crippen molar-refractivity contribution in [2.45, 2.75) is 42.9 Å². The van der Waals surface area contributed by atoms with Crippen LogP contribution in [0.4, 0.5) is 0 Å². The van der Waals surface area contributed by atoms with Gasteiger partial charge in [0, 0.05) is 0 Å². The predicted molar refractivity (Wildman–Crippen MR) is 84.5 cm³/mol. The van der Waals surface area contributed by atoms with Crippen LogP contribution in [0.2, 0.25) is 9.74 Å². The third kappa shape index (κ3) is 2.45. The fourth-order valence-electron chi connectivity index (χ4n) is 2.65. The molecular formula is C17H23Sb. The van der Waals surface area contributed by atoms with Crippen LogP contribution in [-0.4, -0.2) is 20.2 Å². The zero-order valence-electron chi connectivity index (χ0n) is 12.3. The van der Waals surface area contributed by atoms with Gasteiger partial charge in [0.05, 0.1) is 0 Å². The average Bonchev–Trinajstić information content (AvgIpc) is 2.27. The van der Waals surface area contributed by atoms with Gasteiger partial charge in [0.2, 0.25) is 0 Å². The predicted octanol–water partition coefficient (Wildman–Crippen LogP) is 4.41. The molecule has 2 aromatic rings. The second kappa shape index (κ2) is 4.89. The number of hydrogen-bond donors (Lipinski definition) is 0. The molecule has 0 heterocycles. The molecule has 0 N–H and O–H groups in total. The fraction of sp³-hybridized carbons (Fsp3) is 0.412. The molecule has 0 bridgehead atoms. The van der Waals surface area contributed by atoms with E-state index in [4.69, 9.17) is 0 Å². The Hall–Kier alpha value is -0.482. The van der Waals surface area contributed by atoms with Crippen LogP contribution >= 0.6 is 0 Å². The van der Waals surface area contributed by atoms with E-state index in [0.717, 1.165) is 0 Å². The molecule has 2 aromatic carbocycles. The van der Waals surface area contributed by atoms with Crippen LogP contribution in [-0.2, 0) is 5.41 Å². The molecular weight excluding hydrogens is 326 g/mol. The maximum atomic E-state index is 2.50. The van der Waals surface area contributed by atoms with Gasteiger partial charge in [0.1, 0.15) is 0 Å². The Bertz CT molecular complexity index is 574. The van der Waals surface area contributed by atoms with Crippen LogP contribution in [0.15, 0.2) is 30.3 Å². The van der Waals surface area contributed by atoms with Crippen LogP contribution < -0.4 is 3.51 Å². The van der Waals surface area contributed by atoms with Gasteiger partial charge >= 0.3 is 119 Å². The molecule has 0 saturated carbocycles. The molecule has 0 aliphatic carbocycles. The molecule has 0 nitrogen and oxygen atoms in total. The summed E-state index contributed by atoms with van der Waals surface area (Å²) >= 11 is -1.24. The van der Waals surface area contributed by atoms with Crippen molar-refractivity contribution in [1.29, 1.82) is 0 Å². The Labute approximate surface area is 118 Å².